The van der Waals surface area contributed by atoms with E-state index in [0.29, 0.717) is 6.07 Å². The summed E-state index contributed by atoms with van der Waals surface area (Å²) >= 11 is 0. The van der Waals surface area contributed by atoms with Crippen molar-refractivity contribution in [2.24, 2.45) is 0 Å². The maximum atomic E-state index is 10.6. The van der Waals surface area contributed by atoms with Gasteiger partial charge in [0.1, 0.15) is 11.3 Å². The first-order valence-electron chi connectivity index (χ1n) is 10.3. The predicted molar refractivity (Wildman–Crippen MR) is 124 cm³/mol. The van der Waals surface area contributed by atoms with Crippen LogP contribution in [0.5, 0.6) is 5.75 Å². The number of aromatic carboxylic acids is 1. The molecule has 0 atom stereocenters. The van der Waals surface area contributed by atoms with Crippen LogP contribution in [0.15, 0.2) is 47.4 Å². The number of aromatic nitrogens is 1. The van der Waals surface area contributed by atoms with E-state index in [4.69, 9.17) is 25.5 Å². The first-order valence-corrected chi connectivity index (χ1v) is 11.7. The van der Waals surface area contributed by atoms with Gasteiger partial charge in [-0.1, -0.05) is 44.9 Å². The fraction of sp³-hybridized carbons (Fsp3) is 0.304. The molecular weight excluding hydrogens is 432 g/mol. The summed E-state index contributed by atoms with van der Waals surface area (Å²) in [6.07, 6.45) is 5.56. The number of aromatic hydroxyl groups is 1. The normalized spacial score (nSPS) is 11.1. The lowest BCUT2D eigenvalue weighted by Crippen LogP contribution is -2.04. The van der Waals surface area contributed by atoms with Gasteiger partial charge in [0, 0.05) is 16.8 Å². The zero-order chi connectivity index (χ0) is 23.9. The molecule has 2 aromatic carbocycles. The number of nitrogen functional groups attached to an aromatic ring is 1. The Morgan fingerprint density at radius 2 is 1.75 bits per heavy atom. The van der Waals surface area contributed by atoms with Crippen molar-refractivity contribution in [2.75, 3.05) is 5.73 Å². The third kappa shape index (κ3) is 6.18. The molecule has 9 heteroatoms. The first kappa shape index (κ1) is 25.1. The van der Waals surface area contributed by atoms with Gasteiger partial charge in [0.2, 0.25) is 0 Å². The fourth-order valence-electron chi connectivity index (χ4n) is 3.26. The second-order valence-electron chi connectivity index (χ2n) is 7.28. The van der Waals surface area contributed by atoms with Crippen LogP contribution >= 0.6 is 0 Å². The molecule has 0 amide bonds. The standard InChI is InChI=1S/C16H22N2.C7H6O6S/c1-3-5-10-14-12(8-4-2)16(17)13-9-6-7-11-15(13)18-14;8-6-2-1-4(14(11,12)13)3-5(6)7(9)10/h6-7,9,11H,3-5,8,10H2,1-2H3,(H2,17,18);1-3,8H,(H,9,10)(H,11,12,13). The molecule has 8 nitrogen and oxygen atoms in total. The molecule has 3 aromatic rings. The van der Waals surface area contributed by atoms with Gasteiger partial charge < -0.3 is 15.9 Å². The lowest BCUT2D eigenvalue weighted by Gasteiger charge is -2.13. The molecule has 0 bridgehead atoms. The minimum atomic E-state index is -4.45. The number of nitrogens with zero attached hydrogens (tertiary/aromatic N) is 1. The number of carboxylic acids is 1. The summed E-state index contributed by atoms with van der Waals surface area (Å²) in [5, 5.41) is 18.6. The van der Waals surface area contributed by atoms with Crippen LogP contribution in [0.1, 0.15) is 54.7 Å². The maximum absolute atomic E-state index is 10.6. The number of hydrogen-bond donors (Lipinski definition) is 4. The van der Waals surface area contributed by atoms with E-state index in [-0.39, 0.29) is 0 Å². The number of carboxylic acid groups (broad SMARTS) is 1. The third-order valence-electron chi connectivity index (χ3n) is 4.89. The number of aryl methyl sites for hydroxylation is 1. The highest BCUT2D eigenvalue weighted by Crippen LogP contribution is 2.28. The Morgan fingerprint density at radius 3 is 2.34 bits per heavy atom. The molecule has 3 rings (SSSR count). The van der Waals surface area contributed by atoms with E-state index in [1.807, 2.05) is 12.1 Å². The van der Waals surface area contributed by atoms with Gasteiger partial charge in [0.05, 0.1) is 10.4 Å². The number of pyridine rings is 1. The molecule has 0 unspecified atom stereocenters. The quantitative estimate of drug-likeness (QED) is 0.378. The second-order valence-corrected chi connectivity index (χ2v) is 8.70. The summed E-state index contributed by atoms with van der Waals surface area (Å²) in [6.45, 7) is 4.40. The average Bonchev–Trinajstić information content (AvgIpc) is 2.74. The van der Waals surface area contributed by atoms with Crippen molar-refractivity contribution in [2.45, 2.75) is 50.8 Å². The molecule has 1 aromatic heterocycles. The Balaban J connectivity index is 0.000000235. The number of para-hydroxylation sites is 1. The molecule has 0 saturated carbocycles. The van der Waals surface area contributed by atoms with Crippen molar-refractivity contribution in [3.63, 3.8) is 0 Å². The molecule has 0 aliphatic heterocycles. The second kappa shape index (κ2) is 10.9. The van der Waals surface area contributed by atoms with E-state index in [0.717, 1.165) is 48.0 Å². The molecule has 0 spiro atoms. The lowest BCUT2D eigenvalue weighted by molar-refractivity contribution is 0.0693. The highest BCUT2D eigenvalue weighted by atomic mass is 32.2. The van der Waals surface area contributed by atoms with Gasteiger partial charge in [-0.2, -0.15) is 8.42 Å². The molecule has 0 aliphatic rings. The SMILES string of the molecule is CCCCc1nc2ccccc2c(N)c1CCC.O=C(O)c1cc(S(=O)(=O)O)ccc1O. The van der Waals surface area contributed by atoms with Gasteiger partial charge >= 0.3 is 5.97 Å². The monoisotopic (exact) mass is 460 g/mol. The molecular formula is C23H28N2O6S. The van der Waals surface area contributed by atoms with Gasteiger partial charge in [0.25, 0.3) is 10.1 Å². The highest BCUT2D eigenvalue weighted by Gasteiger charge is 2.16. The van der Waals surface area contributed by atoms with Crippen LogP contribution in [0.4, 0.5) is 5.69 Å². The van der Waals surface area contributed by atoms with E-state index < -0.39 is 32.3 Å². The molecule has 0 fully saturated rings. The van der Waals surface area contributed by atoms with Crippen LogP contribution in [-0.4, -0.2) is 34.1 Å². The smallest absolute Gasteiger partial charge is 0.339 e. The van der Waals surface area contributed by atoms with Crippen LogP contribution in [0.2, 0.25) is 0 Å². The number of benzene rings is 2. The predicted octanol–water partition coefficient (Wildman–Crippen LogP) is 4.45. The Morgan fingerprint density at radius 1 is 1.06 bits per heavy atom. The summed E-state index contributed by atoms with van der Waals surface area (Å²) in [4.78, 5) is 14.7. The Bertz CT molecular complexity index is 1210. The molecule has 32 heavy (non-hydrogen) atoms. The Kier molecular flexibility index (Phi) is 8.56. The van der Waals surface area contributed by atoms with Crippen molar-refractivity contribution < 1.29 is 28.0 Å². The number of rotatable bonds is 7. The van der Waals surface area contributed by atoms with Crippen molar-refractivity contribution in [1.82, 2.24) is 4.98 Å². The third-order valence-corrected chi connectivity index (χ3v) is 5.74. The fourth-order valence-corrected chi connectivity index (χ4v) is 3.76. The molecule has 5 N–H and O–H groups in total. The number of anilines is 1. The van der Waals surface area contributed by atoms with Gasteiger partial charge in [-0.05, 0) is 49.1 Å². The number of hydrogen-bond acceptors (Lipinski definition) is 6. The van der Waals surface area contributed by atoms with E-state index in [9.17, 15) is 13.2 Å². The maximum Gasteiger partial charge on any atom is 0.339 e. The number of fused-ring (bicyclic) bond motifs is 1. The Hall–Kier alpha value is -3.17. The van der Waals surface area contributed by atoms with Gasteiger partial charge in [0.15, 0.2) is 0 Å². The molecule has 1 heterocycles. The van der Waals surface area contributed by atoms with E-state index in [1.165, 1.54) is 24.1 Å². The summed E-state index contributed by atoms with van der Waals surface area (Å²) in [7, 11) is -4.45. The molecule has 0 aliphatic carbocycles. The largest absolute Gasteiger partial charge is 0.507 e. The van der Waals surface area contributed by atoms with Gasteiger partial charge in [-0.15, -0.1) is 0 Å². The zero-order valence-corrected chi connectivity index (χ0v) is 18.9. The molecule has 0 radical (unpaired) electrons. The number of nitrogens with two attached hydrogens (primary N) is 1. The number of unbranched alkanes of at least 4 members (excludes halogenated alkanes) is 1. The minimum absolute atomic E-state index is 0.565. The molecule has 0 saturated heterocycles. The van der Waals surface area contributed by atoms with Crippen LogP contribution in [0, 0.1) is 0 Å². The van der Waals surface area contributed by atoms with Gasteiger partial charge in [-0.3, -0.25) is 9.54 Å². The summed E-state index contributed by atoms with van der Waals surface area (Å²) in [6, 6.07) is 10.6. The van der Waals surface area contributed by atoms with Crippen LogP contribution in [0.3, 0.4) is 0 Å². The first-order chi connectivity index (χ1) is 15.1. The van der Waals surface area contributed by atoms with Crippen molar-refractivity contribution in [1.29, 1.82) is 0 Å². The number of carbonyl (C=O) groups is 1. The van der Waals surface area contributed by atoms with Crippen LogP contribution in [-0.2, 0) is 23.0 Å². The van der Waals surface area contributed by atoms with Crippen LogP contribution < -0.4 is 5.73 Å². The average molecular weight is 461 g/mol. The Labute approximate surface area is 187 Å². The van der Waals surface area contributed by atoms with Crippen LogP contribution in [0.25, 0.3) is 10.9 Å². The highest BCUT2D eigenvalue weighted by molar-refractivity contribution is 7.85. The van der Waals surface area contributed by atoms with Gasteiger partial charge in [-0.25, -0.2) is 4.79 Å². The van der Waals surface area contributed by atoms with Crippen molar-refractivity contribution in [3.05, 3.63) is 59.3 Å². The lowest BCUT2D eigenvalue weighted by atomic mass is 9.99. The number of phenols is 1. The summed E-state index contributed by atoms with van der Waals surface area (Å²) in [5.74, 6) is -2.04. The topological polar surface area (TPSA) is 151 Å². The van der Waals surface area contributed by atoms with Crippen molar-refractivity contribution in [3.8, 4) is 5.75 Å². The zero-order valence-electron chi connectivity index (χ0n) is 18.1. The molecule has 172 valence electrons. The van der Waals surface area contributed by atoms with E-state index in [1.54, 1.807) is 0 Å². The van der Waals surface area contributed by atoms with E-state index in [2.05, 4.69) is 26.0 Å². The van der Waals surface area contributed by atoms with E-state index >= 15 is 0 Å². The van der Waals surface area contributed by atoms with Crippen molar-refractivity contribution >= 4 is 32.7 Å². The summed E-state index contributed by atoms with van der Waals surface area (Å²) < 4.78 is 29.8. The summed E-state index contributed by atoms with van der Waals surface area (Å²) in [5.41, 5.74) is 10.2. The minimum Gasteiger partial charge on any atom is -0.507 e.